The molecule has 0 bridgehead atoms. The molecule has 1 heterocycles. The molecule has 20 heavy (non-hydrogen) atoms. The van der Waals surface area contributed by atoms with Crippen molar-refractivity contribution >= 4 is 11.5 Å². The Bertz CT molecular complexity index is 557. The number of nitrogens with zero attached hydrogens (tertiary/aromatic N) is 3. The smallest absolute Gasteiger partial charge is 0.134 e. The highest BCUT2D eigenvalue weighted by Crippen LogP contribution is 2.30. The first-order valence-electron chi connectivity index (χ1n) is 7.15. The first-order chi connectivity index (χ1) is 9.54. The zero-order valence-electron chi connectivity index (χ0n) is 12.8. The van der Waals surface area contributed by atoms with Crippen LogP contribution in [0.3, 0.4) is 0 Å². The average molecular weight is 272 g/mol. The molecule has 1 atom stereocenters. The molecular formula is C16H24N4. The zero-order valence-corrected chi connectivity index (χ0v) is 12.8. The molecule has 2 rings (SSSR count). The second-order valence-electron chi connectivity index (χ2n) is 5.27. The summed E-state index contributed by atoms with van der Waals surface area (Å²) in [6, 6.07) is 10.5. The Labute approximate surface area is 121 Å². The summed E-state index contributed by atoms with van der Waals surface area (Å²) in [6.07, 6.45) is 0.846. The maximum Gasteiger partial charge on any atom is 0.134 e. The normalized spacial score (nSPS) is 12.4. The maximum absolute atomic E-state index is 6.00. The largest absolute Gasteiger partial charge is 0.328 e. The van der Waals surface area contributed by atoms with Gasteiger partial charge in [-0.2, -0.15) is 5.10 Å². The standard InChI is InChI=1S/C16H24N4/c1-5-20(14-9-7-6-8-10-14)16-15(11-12(2)17)13(3)18-19(16)4/h6-10,12H,5,11,17H2,1-4H3. The quantitative estimate of drug-likeness (QED) is 0.910. The molecule has 0 fully saturated rings. The third-order valence-electron chi connectivity index (χ3n) is 3.48. The summed E-state index contributed by atoms with van der Waals surface area (Å²) in [5, 5.41) is 4.58. The van der Waals surface area contributed by atoms with Crippen LogP contribution < -0.4 is 10.6 Å². The molecular weight excluding hydrogens is 248 g/mol. The van der Waals surface area contributed by atoms with Crippen molar-refractivity contribution in [2.75, 3.05) is 11.4 Å². The first kappa shape index (κ1) is 14.6. The van der Waals surface area contributed by atoms with Crippen LogP contribution in [0.5, 0.6) is 0 Å². The minimum absolute atomic E-state index is 0.131. The van der Waals surface area contributed by atoms with Crippen LogP contribution in [-0.2, 0) is 13.5 Å². The van der Waals surface area contributed by atoms with Gasteiger partial charge in [-0.05, 0) is 39.3 Å². The lowest BCUT2D eigenvalue weighted by molar-refractivity contribution is 0.726. The number of para-hydroxylation sites is 1. The van der Waals surface area contributed by atoms with Crippen molar-refractivity contribution in [3.05, 3.63) is 41.6 Å². The highest BCUT2D eigenvalue weighted by Gasteiger charge is 2.20. The lowest BCUT2D eigenvalue weighted by atomic mass is 10.1. The molecule has 2 N–H and O–H groups in total. The van der Waals surface area contributed by atoms with Crippen molar-refractivity contribution in [1.29, 1.82) is 0 Å². The highest BCUT2D eigenvalue weighted by molar-refractivity contribution is 5.64. The van der Waals surface area contributed by atoms with E-state index < -0.39 is 0 Å². The Balaban J connectivity index is 2.49. The van der Waals surface area contributed by atoms with E-state index in [1.54, 1.807) is 0 Å². The molecule has 0 amide bonds. The van der Waals surface area contributed by atoms with Crippen LogP contribution in [-0.4, -0.2) is 22.4 Å². The summed E-state index contributed by atoms with van der Waals surface area (Å²) in [4.78, 5) is 2.29. The van der Waals surface area contributed by atoms with Crippen molar-refractivity contribution in [1.82, 2.24) is 9.78 Å². The molecule has 0 aliphatic carbocycles. The van der Waals surface area contributed by atoms with Gasteiger partial charge in [0.2, 0.25) is 0 Å². The number of anilines is 2. The average Bonchev–Trinajstić information content (AvgIpc) is 2.68. The number of aryl methyl sites for hydroxylation is 2. The lowest BCUT2D eigenvalue weighted by Gasteiger charge is -2.25. The van der Waals surface area contributed by atoms with Gasteiger partial charge >= 0.3 is 0 Å². The molecule has 0 radical (unpaired) electrons. The number of rotatable bonds is 5. The van der Waals surface area contributed by atoms with E-state index in [0.29, 0.717) is 0 Å². The Morgan fingerprint density at radius 2 is 1.95 bits per heavy atom. The number of benzene rings is 1. The van der Waals surface area contributed by atoms with Crippen molar-refractivity contribution in [3.63, 3.8) is 0 Å². The zero-order chi connectivity index (χ0) is 14.7. The van der Waals surface area contributed by atoms with Crippen LogP contribution in [0, 0.1) is 6.92 Å². The minimum atomic E-state index is 0.131. The Kier molecular flexibility index (Phi) is 4.45. The Morgan fingerprint density at radius 1 is 1.30 bits per heavy atom. The van der Waals surface area contributed by atoms with Crippen LogP contribution in [0.25, 0.3) is 0 Å². The predicted octanol–water partition coefficient (Wildman–Crippen LogP) is 2.78. The molecule has 108 valence electrons. The van der Waals surface area contributed by atoms with Gasteiger partial charge in [0.05, 0.1) is 5.69 Å². The first-order valence-corrected chi connectivity index (χ1v) is 7.15. The highest BCUT2D eigenvalue weighted by atomic mass is 15.4. The Hall–Kier alpha value is -1.81. The minimum Gasteiger partial charge on any atom is -0.328 e. The van der Waals surface area contributed by atoms with Gasteiger partial charge in [-0.15, -0.1) is 0 Å². The fourth-order valence-corrected chi connectivity index (χ4v) is 2.65. The summed E-state index contributed by atoms with van der Waals surface area (Å²) >= 11 is 0. The van der Waals surface area contributed by atoms with Crippen LogP contribution in [0.15, 0.2) is 30.3 Å². The van der Waals surface area contributed by atoms with Gasteiger partial charge in [0.1, 0.15) is 5.82 Å². The second kappa shape index (κ2) is 6.09. The third kappa shape index (κ3) is 2.85. The lowest BCUT2D eigenvalue weighted by Crippen LogP contribution is -2.23. The van der Waals surface area contributed by atoms with E-state index in [1.165, 1.54) is 11.3 Å². The fourth-order valence-electron chi connectivity index (χ4n) is 2.65. The predicted molar refractivity (Wildman–Crippen MR) is 84.4 cm³/mol. The summed E-state index contributed by atoms with van der Waals surface area (Å²) < 4.78 is 1.96. The van der Waals surface area contributed by atoms with Crippen molar-refractivity contribution in [2.24, 2.45) is 12.8 Å². The summed E-state index contributed by atoms with van der Waals surface area (Å²) in [7, 11) is 2.00. The van der Waals surface area contributed by atoms with Crippen LogP contribution in [0.2, 0.25) is 0 Å². The molecule has 1 aromatic heterocycles. The van der Waals surface area contributed by atoms with Crippen molar-refractivity contribution < 1.29 is 0 Å². The third-order valence-corrected chi connectivity index (χ3v) is 3.48. The van der Waals surface area contributed by atoms with Crippen molar-refractivity contribution in [3.8, 4) is 0 Å². The van der Waals surface area contributed by atoms with Gasteiger partial charge in [-0.25, -0.2) is 0 Å². The monoisotopic (exact) mass is 272 g/mol. The van der Waals surface area contributed by atoms with E-state index >= 15 is 0 Å². The van der Waals surface area contributed by atoms with Crippen LogP contribution in [0.4, 0.5) is 11.5 Å². The fraction of sp³-hybridized carbons (Fsp3) is 0.438. The molecule has 0 saturated heterocycles. The number of aromatic nitrogens is 2. The number of nitrogens with two attached hydrogens (primary N) is 1. The van der Waals surface area contributed by atoms with E-state index in [-0.39, 0.29) is 6.04 Å². The van der Waals surface area contributed by atoms with E-state index in [0.717, 1.165) is 24.5 Å². The molecule has 0 spiro atoms. The summed E-state index contributed by atoms with van der Waals surface area (Å²) in [6.45, 7) is 7.15. The second-order valence-corrected chi connectivity index (χ2v) is 5.27. The SMILES string of the molecule is CCN(c1ccccc1)c1c(CC(C)N)c(C)nn1C. The Morgan fingerprint density at radius 3 is 2.50 bits per heavy atom. The van der Waals surface area contributed by atoms with Gasteiger partial charge in [-0.3, -0.25) is 4.68 Å². The molecule has 1 unspecified atom stereocenters. The molecule has 4 heteroatoms. The molecule has 2 aromatic rings. The summed E-state index contributed by atoms with van der Waals surface area (Å²) in [5.74, 6) is 1.15. The van der Waals surface area contributed by atoms with E-state index in [2.05, 4.69) is 48.1 Å². The molecule has 0 aliphatic rings. The molecule has 1 aromatic carbocycles. The number of hydrogen-bond donors (Lipinski definition) is 1. The van der Waals surface area contributed by atoms with Gasteiger partial charge in [0.25, 0.3) is 0 Å². The van der Waals surface area contributed by atoms with Crippen molar-refractivity contribution in [2.45, 2.75) is 33.2 Å². The van der Waals surface area contributed by atoms with Crippen LogP contribution in [0.1, 0.15) is 25.1 Å². The number of hydrogen-bond acceptors (Lipinski definition) is 3. The van der Waals surface area contributed by atoms with E-state index in [9.17, 15) is 0 Å². The maximum atomic E-state index is 6.00. The molecule has 4 nitrogen and oxygen atoms in total. The van der Waals surface area contributed by atoms with Gasteiger partial charge < -0.3 is 10.6 Å². The van der Waals surface area contributed by atoms with Gasteiger partial charge in [0, 0.05) is 30.9 Å². The van der Waals surface area contributed by atoms with E-state index in [4.69, 9.17) is 5.73 Å². The van der Waals surface area contributed by atoms with E-state index in [1.807, 2.05) is 24.7 Å². The molecule has 0 saturated carbocycles. The molecule has 0 aliphatic heterocycles. The van der Waals surface area contributed by atoms with Gasteiger partial charge in [-0.1, -0.05) is 18.2 Å². The topological polar surface area (TPSA) is 47.1 Å². The van der Waals surface area contributed by atoms with Gasteiger partial charge in [0.15, 0.2) is 0 Å². The van der Waals surface area contributed by atoms with Crippen LogP contribution >= 0.6 is 0 Å². The summed E-state index contributed by atoms with van der Waals surface area (Å²) in [5.41, 5.74) is 9.49.